The standard InChI is InChI=1S/C25H38N2O3/c1-5-27(6-2)23(30)26-22(29)21-10-9-19-18-8-7-16-15-17(28)11-13-24(16,3)20(18)12-14-25(19,21)4/h15,18-21H,5-14H2,1-4H3,(H,26,29,30)/t18-,19-,20+,21?,24-,25-/m0/s1. The van der Waals surface area contributed by atoms with Gasteiger partial charge < -0.3 is 4.90 Å². The molecule has 5 heteroatoms. The van der Waals surface area contributed by atoms with Gasteiger partial charge in [0.25, 0.3) is 0 Å². The third-order valence-corrected chi connectivity index (χ3v) is 9.56. The summed E-state index contributed by atoms with van der Waals surface area (Å²) in [5.41, 5.74) is 1.54. The second-order valence-corrected chi connectivity index (χ2v) is 10.6. The molecule has 0 aromatic carbocycles. The predicted molar refractivity (Wildman–Crippen MR) is 117 cm³/mol. The zero-order valence-corrected chi connectivity index (χ0v) is 19.1. The Balaban J connectivity index is 1.52. The molecule has 6 atom stereocenters. The zero-order valence-electron chi connectivity index (χ0n) is 19.1. The van der Waals surface area contributed by atoms with Crippen LogP contribution < -0.4 is 5.32 Å². The summed E-state index contributed by atoms with van der Waals surface area (Å²) in [7, 11) is 0. The maximum atomic E-state index is 13.1. The van der Waals surface area contributed by atoms with Crippen LogP contribution >= 0.6 is 0 Å². The minimum atomic E-state index is -0.252. The molecule has 0 saturated heterocycles. The molecule has 166 valence electrons. The maximum absolute atomic E-state index is 13.1. The van der Waals surface area contributed by atoms with Crippen LogP contribution in [0.25, 0.3) is 0 Å². The van der Waals surface area contributed by atoms with Crippen LogP contribution in [0.5, 0.6) is 0 Å². The van der Waals surface area contributed by atoms with Gasteiger partial charge in [-0.05, 0) is 93.5 Å². The molecule has 0 spiro atoms. The van der Waals surface area contributed by atoms with Gasteiger partial charge in [0.2, 0.25) is 5.91 Å². The molecule has 0 aromatic heterocycles. The lowest BCUT2D eigenvalue weighted by atomic mass is 9.47. The highest BCUT2D eigenvalue weighted by Gasteiger charge is 2.60. The van der Waals surface area contributed by atoms with Crippen LogP contribution in [0.3, 0.4) is 0 Å². The smallest absolute Gasteiger partial charge is 0.324 e. The highest BCUT2D eigenvalue weighted by atomic mass is 16.2. The molecule has 0 radical (unpaired) electrons. The summed E-state index contributed by atoms with van der Waals surface area (Å²) in [4.78, 5) is 39.3. The Kier molecular flexibility index (Phi) is 5.61. The average molecular weight is 415 g/mol. The van der Waals surface area contributed by atoms with Crippen molar-refractivity contribution in [3.8, 4) is 0 Å². The number of ketones is 1. The number of rotatable bonds is 3. The maximum Gasteiger partial charge on any atom is 0.324 e. The molecule has 0 aliphatic heterocycles. The summed E-state index contributed by atoms with van der Waals surface area (Å²) in [5, 5.41) is 2.71. The summed E-state index contributed by atoms with van der Waals surface area (Å²) >= 11 is 0. The van der Waals surface area contributed by atoms with E-state index >= 15 is 0 Å². The highest BCUT2D eigenvalue weighted by molar-refractivity contribution is 5.96. The van der Waals surface area contributed by atoms with E-state index in [1.165, 1.54) is 5.57 Å². The summed E-state index contributed by atoms with van der Waals surface area (Å²) in [5.74, 6) is 1.98. The molecular formula is C25H38N2O3. The summed E-state index contributed by atoms with van der Waals surface area (Å²) in [6, 6.07) is -0.252. The predicted octanol–water partition coefficient (Wildman–Crippen LogP) is 4.71. The van der Waals surface area contributed by atoms with Crippen molar-refractivity contribution in [2.24, 2.45) is 34.5 Å². The minimum Gasteiger partial charge on any atom is -0.325 e. The molecule has 4 aliphatic carbocycles. The SMILES string of the molecule is CCN(CC)C(=O)NC(=O)C1CC[C@H]2[C@@H]3CCC4=CC(=O)CC[C@]4(C)[C@@H]3CC[C@]12C. The van der Waals surface area contributed by atoms with Crippen molar-refractivity contribution in [2.45, 2.75) is 79.1 Å². The van der Waals surface area contributed by atoms with Crippen molar-refractivity contribution < 1.29 is 14.4 Å². The van der Waals surface area contributed by atoms with Crippen LogP contribution in [-0.2, 0) is 9.59 Å². The number of fused-ring (bicyclic) bond motifs is 5. The Morgan fingerprint density at radius 3 is 2.47 bits per heavy atom. The molecule has 1 N–H and O–H groups in total. The Morgan fingerprint density at radius 2 is 1.77 bits per heavy atom. The first-order valence-corrected chi connectivity index (χ1v) is 12.1. The van der Waals surface area contributed by atoms with Crippen LogP contribution in [-0.4, -0.2) is 35.7 Å². The van der Waals surface area contributed by atoms with Crippen molar-refractivity contribution in [1.82, 2.24) is 10.2 Å². The third kappa shape index (κ3) is 3.23. The minimum absolute atomic E-state index is 0.0170. The van der Waals surface area contributed by atoms with Crippen molar-refractivity contribution in [3.63, 3.8) is 0 Å². The Bertz CT molecular complexity index is 770. The summed E-state index contributed by atoms with van der Waals surface area (Å²) in [6.45, 7) is 9.80. The first-order chi connectivity index (χ1) is 14.2. The second-order valence-electron chi connectivity index (χ2n) is 10.6. The van der Waals surface area contributed by atoms with E-state index in [-0.39, 0.29) is 28.7 Å². The normalized spacial score (nSPS) is 40.0. The van der Waals surface area contributed by atoms with E-state index in [2.05, 4.69) is 19.2 Å². The van der Waals surface area contributed by atoms with Crippen LogP contribution in [0, 0.1) is 34.5 Å². The fourth-order valence-corrected chi connectivity index (χ4v) is 7.77. The molecule has 1 unspecified atom stereocenters. The first-order valence-electron chi connectivity index (χ1n) is 12.1. The number of nitrogens with zero attached hydrogens (tertiary/aromatic N) is 1. The lowest BCUT2D eigenvalue weighted by molar-refractivity contribution is -0.131. The summed E-state index contributed by atoms with van der Waals surface area (Å²) < 4.78 is 0. The lowest BCUT2D eigenvalue weighted by Crippen LogP contribution is -2.53. The molecular weight excluding hydrogens is 376 g/mol. The monoisotopic (exact) mass is 414 g/mol. The molecule has 3 saturated carbocycles. The number of hydrogen-bond acceptors (Lipinski definition) is 3. The van der Waals surface area contributed by atoms with Crippen LogP contribution in [0.4, 0.5) is 4.79 Å². The molecule has 0 heterocycles. The van der Waals surface area contributed by atoms with Gasteiger partial charge in [-0.25, -0.2) is 4.79 Å². The Labute approximate surface area is 181 Å². The van der Waals surface area contributed by atoms with E-state index in [9.17, 15) is 14.4 Å². The first kappa shape index (κ1) is 21.6. The van der Waals surface area contributed by atoms with E-state index in [4.69, 9.17) is 0 Å². The van der Waals surface area contributed by atoms with Gasteiger partial charge in [0, 0.05) is 25.4 Å². The van der Waals surface area contributed by atoms with Gasteiger partial charge in [0.05, 0.1) is 0 Å². The quantitative estimate of drug-likeness (QED) is 0.727. The number of nitrogens with one attached hydrogen (secondary N) is 1. The van der Waals surface area contributed by atoms with Crippen LogP contribution in [0.1, 0.15) is 79.1 Å². The van der Waals surface area contributed by atoms with E-state index in [1.807, 2.05) is 19.9 Å². The number of allylic oxidation sites excluding steroid dienone is 1. The van der Waals surface area contributed by atoms with Gasteiger partial charge in [-0.15, -0.1) is 0 Å². The molecule has 3 amide bonds. The zero-order chi connectivity index (χ0) is 21.7. The van der Waals surface area contributed by atoms with Crippen molar-refractivity contribution in [3.05, 3.63) is 11.6 Å². The molecule has 3 fully saturated rings. The van der Waals surface area contributed by atoms with E-state index in [1.54, 1.807) is 4.90 Å². The number of carbonyl (C=O) groups excluding carboxylic acids is 3. The van der Waals surface area contributed by atoms with Gasteiger partial charge >= 0.3 is 6.03 Å². The van der Waals surface area contributed by atoms with Crippen molar-refractivity contribution in [1.29, 1.82) is 0 Å². The van der Waals surface area contributed by atoms with Crippen molar-refractivity contribution >= 4 is 17.7 Å². The van der Waals surface area contributed by atoms with Gasteiger partial charge in [-0.1, -0.05) is 19.4 Å². The van der Waals surface area contributed by atoms with Gasteiger partial charge in [-0.3, -0.25) is 14.9 Å². The molecule has 30 heavy (non-hydrogen) atoms. The Morgan fingerprint density at radius 1 is 1.03 bits per heavy atom. The number of imide groups is 1. The second kappa shape index (κ2) is 7.80. The fraction of sp³-hybridized carbons (Fsp3) is 0.800. The van der Waals surface area contributed by atoms with Gasteiger partial charge in [0.1, 0.15) is 0 Å². The largest absolute Gasteiger partial charge is 0.325 e. The fourth-order valence-electron chi connectivity index (χ4n) is 7.77. The van der Waals surface area contributed by atoms with Crippen LogP contribution in [0.15, 0.2) is 11.6 Å². The van der Waals surface area contributed by atoms with E-state index in [0.717, 1.165) is 44.9 Å². The lowest BCUT2D eigenvalue weighted by Gasteiger charge is -2.58. The number of urea groups is 1. The number of hydrogen-bond donors (Lipinski definition) is 1. The van der Waals surface area contributed by atoms with Crippen LogP contribution in [0.2, 0.25) is 0 Å². The Hall–Kier alpha value is -1.65. The average Bonchev–Trinajstić information content (AvgIpc) is 3.06. The molecule has 4 aliphatic rings. The molecule has 4 rings (SSSR count). The number of carbonyl (C=O) groups is 3. The van der Waals surface area contributed by atoms with E-state index in [0.29, 0.717) is 43.0 Å². The topological polar surface area (TPSA) is 66.5 Å². The van der Waals surface area contributed by atoms with Gasteiger partial charge in [-0.2, -0.15) is 0 Å². The molecule has 0 bridgehead atoms. The molecule has 5 nitrogen and oxygen atoms in total. The highest BCUT2D eigenvalue weighted by Crippen LogP contribution is 2.66. The van der Waals surface area contributed by atoms with Gasteiger partial charge in [0.15, 0.2) is 5.78 Å². The molecule has 0 aromatic rings. The van der Waals surface area contributed by atoms with Crippen molar-refractivity contribution in [2.75, 3.05) is 13.1 Å². The summed E-state index contributed by atoms with van der Waals surface area (Å²) in [6.07, 6.45) is 9.97. The van der Waals surface area contributed by atoms with E-state index < -0.39 is 0 Å². The number of amides is 3. The third-order valence-electron chi connectivity index (χ3n) is 9.56.